The van der Waals surface area contributed by atoms with E-state index in [1.165, 1.54) is 0 Å². The first-order valence-corrected chi connectivity index (χ1v) is 7.98. The van der Waals surface area contributed by atoms with Gasteiger partial charge in [-0.15, -0.1) is 0 Å². The smallest absolute Gasteiger partial charge is 0.429 e. The number of nitrogens with zero attached hydrogens (tertiary/aromatic N) is 3. The van der Waals surface area contributed by atoms with Gasteiger partial charge in [-0.1, -0.05) is 6.58 Å². The van der Waals surface area contributed by atoms with Crippen molar-refractivity contribution in [1.29, 1.82) is 0 Å². The van der Waals surface area contributed by atoms with Gasteiger partial charge < -0.3 is 4.13 Å². The molecule has 20 heavy (non-hydrogen) atoms. The summed E-state index contributed by atoms with van der Waals surface area (Å²) in [5.74, 6) is 0. The van der Waals surface area contributed by atoms with Crippen LogP contribution >= 0.6 is 0 Å². The molecule has 0 radical (unpaired) electrons. The third-order valence-electron chi connectivity index (χ3n) is 1.53. The van der Waals surface area contributed by atoms with Crippen molar-refractivity contribution in [3.05, 3.63) is 29.4 Å². The minimum Gasteiger partial charge on any atom is -0.429 e. The van der Waals surface area contributed by atoms with E-state index in [9.17, 15) is 30.0 Å². The van der Waals surface area contributed by atoms with Crippen molar-refractivity contribution in [3.8, 4) is 0 Å². The highest BCUT2D eigenvalue weighted by Crippen LogP contribution is 2.29. The molecule has 0 saturated heterocycles. The highest BCUT2D eigenvalue weighted by Gasteiger charge is 2.39. The van der Waals surface area contributed by atoms with E-state index in [1.807, 2.05) is 34.9 Å². The van der Waals surface area contributed by atoms with Gasteiger partial charge in [0.25, 0.3) is 0 Å². The number of imidazole rings is 1. The summed E-state index contributed by atoms with van der Waals surface area (Å²) in [4.78, 5) is 0. The summed E-state index contributed by atoms with van der Waals surface area (Å²) in [5.41, 5.74) is -5.67. The first-order valence-electron chi connectivity index (χ1n) is 4.69. The van der Waals surface area contributed by atoms with Crippen molar-refractivity contribution in [2.45, 2.75) is 5.51 Å². The number of sulfonamides is 2. The molecule has 0 aliphatic carbocycles. The number of hydrogen-bond acceptors (Lipinski definition) is 4. The molecule has 0 aliphatic rings. The van der Waals surface area contributed by atoms with Gasteiger partial charge in [0.1, 0.15) is 12.4 Å². The van der Waals surface area contributed by atoms with Crippen LogP contribution in [0.3, 0.4) is 0 Å². The van der Waals surface area contributed by atoms with Crippen LogP contribution in [0.5, 0.6) is 0 Å². The van der Waals surface area contributed by atoms with Crippen LogP contribution in [-0.2, 0) is 27.1 Å². The largest absolute Gasteiger partial charge is 0.480 e. The van der Waals surface area contributed by atoms with E-state index in [2.05, 4.69) is 6.58 Å². The van der Waals surface area contributed by atoms with Crippen molar-refractivity contribution in [2.75, 3.05) is 6.26 Å². The number of halogens is 3. The van der Waals surface area contributed by atoms with Crippen molar-refractivity contribution < 1.29 is 34.6 Å². The Morgan fingerprint density at radius 3 is 1.95 bits per heavy atom. The Labute approximate surface area is 114 Å². The molecular weight excluding hydrogens is 323 g/mol. The second kappa shape index (κ2) is 6.37. The van der Waals surface area contributed by atoms with Crippen LogP contribution in [0.4, 0.5) is 13.2 Å². The lowest BCUT2D eigenvalue weighted by Crippen LogP contribution is -2.23. The van der Waals surface area contributed by atoms with Crippen molar-refractivity contribution in [2.24, 2.45) is 7.05 Å². The predicted octanol–water partition coefficient (Wildman–Crippen LogP) is 0.582. The minimum absolute atomic E-state index is 0.246. The van der Waals surface area contributed by atoms with Gasteiger partial charge in [0.15, 0.2) is 10.0 Å². The molecule has 0 saturated carbocycles. The Morgan fingerprint density at radius 1 is 1.30 bits per heavy atom. The maximum Gasteiger partial charge on any atom is 0.480 e. The summed E-state index contributed by atoms with van der Waals surface area (Å²) in [5, 5.41) is 0. The average molecular weight is 335 g/mol. The standard InChI is InChI=1S/C6H9N2.C2H3F3NO4S2/c1-3-8-5-4-7(2)6-8;1-11(7,8)6-12(9,10)2(3,4)5/h3-6H,1H2,2H3;1H3/q+1;-1. The first-order chi connectivity index (χ1) is 8.78. The van der Waals surface area contributed by atoms with Gasteiger partial charge >= 0.3 is 5.51 Å². The van der Waals surface area contributed by atoms with Crippen LogP contribution in [0.15, 0.2) is 25.3 Å². The lowest BCUT2D eigenvalue weighted by atomic mass is 10.8. The molecule has 0 aromatic carbocycles. The zero-order valence-corrected chi connectivity index (χ0v) is 12.1. The maximum absolute atomic E-state index is 11.4. The second-order valence-corrected chi connectivity index (χ2v) is 6.91. The Kier molecular flexibility index (Phi) is 5.92. The Morgan fingerprint density at radius 2 is 1.80 bits per heavy atom. The zero-order chi connectivity index (χ0) is 16.2. The van der Waals surface area contributed by atoms with Gasteiger partial charge in [-0.05, 0) is 0 Å². The monoisotopic (exact) mass is 335 g/mol. The van der Waals surface area contributed by atoms with Gasteiger partial charge in [-0.3, -0.25) is 0 Å². The average Bonchev–Trinajstić information content (AvgIpc) is 2.59. The Balaban J connectivity index is 0.000000388. The third-order valence-corrected chi connectivity index (χ3v) is 3.98. The van der Waals surface area contributed by atoms with Gasteiger partial charge in [-0.25, -0.2) is 26.0 Å². The molecule has 0 bridgehead atoms. The lowest BCUT2D eigenvalue weighted by molar-refractivity contribution is -0.670. The molecule has 12 heteroatoms. The van der Waals surface area contributed by atoms with Crippen LogP contribution in [0.1, 0.15) is 0 Å². The molecule has 1 aromatic rings. The molecule has 0 atom stereocenters. The number of alkyl halides is 3. The normalized spacial score (nSPS) is 12.4. The fourth-order valence-corrected chi connectivity index (χ4v) is 2.56. The van der Waals surface area contributed by atoms with Crippen LogP contribution in [0, 0.1) is 0 Å². The Bertz CT molecular complexity index is 661. The lowest BCUT2D eigenvalue weighted by Gasteiger charge is -2.19. The van der Waals surface area contributed by atoms with E-state index in [4.69, 9.17) is 0 Å². The van der Waals surface area contributed by atoms with Gasteiger partial charge in [0.05, 0.1) is 23.3 Å². The highest BCUT2D eigenvalue weighted by molar-refractivity contribution is 8.12. The van der Waals surface area contributed by atoms with E-state index >= 15 is 0 Å². The van der Waals surface area contributed by atoms with Crippen molar-refractivity contribution in [1.82, 2.24) is 4.57 Å². The molecule has 1 heterocycles. The molecule has 0 unspecified atom stereocenters. The second-order valence-electron chi connectivity index (χ2n) is 3.44. The van der Waals surface area contributed by atoms with Gasteiger partial charge in [0, 0.05) is 6.26 Å². The molecular formula is C8H12F3N3O4S2. The van der Waals surface area contributed by atoms with E-state index in [-0.39, 0.29) is 6.26 Å². The summed E-state index contributed by atoms with van der Waals surface area (Å²) in [6.07, 6.45) is 7.83. The van der Waals surface area contributed by atoms with E-state index < -0.39 is 25.6 Å². The highest BCUT2D eigenvalue weighted by atomic mass is 32.3. The van der Waals surface area contributed by atoms with E-state index in [1.54, 1.807) is 10.3 Å². The molecule has 7 nitrogen and oxygen atoms in total. The number of aromatic nitrogens is 2. The fourth-order valence-electron chi connectivity index (χ4n) is 0.798. The number of hydrogen-bond donors (Lipinski definition) is 0. The molecule has 0 N–H and O–H groups in total. The third kappa shape index (κ3) is 6.68. The summed E-state index contributed by atoms with van der Waals surface area (Å²) in [7, 11) is -8.49. The summed E-state index contributed by atoms with van der Waals surface area (Å²) in [6.45, 7) is 3.59. The van der Waals surface area contributed by atoms with Crippen LogP contribution in [-0.4, -0.2) is 33.2 Å². The van der Waals surface area contributed by atoms with Crippen LogP contribution in [0.25, 0.3) is 10.3 Å². The maximum atomic E-state index is 11.4. The van der Waals surface area contributed by atoms with E-state index in [0.29, 0.717) is 0 Å². The topological polar surface area (TPSA) is 91.2 Å². The van der Waals surface area contributed by atoms with Crippen molar-refractivity contribution >= 4 is 26.2 Å². The molecule has 1 rings (SSSR count). The van der Waals surface area contributed by atoms with Gasteiger partial charge in [-0.2, -0.15) is 13.2 Å². The minimum atomic E-state index is -5.92. The van der Waals surface area contributed by atoms with Crippen LogP contribution < -0.4 is 4.57 Å². The number of aryl methyl sites for hydroxylation is 1. The van der Waals surface area contributed by atoms with Crippen molar-refractivity contribution in [3.63, 3.8) is 0 Å². The molecule has 0 spiro atoms. The molecule has 116 valence electrons. The first kappa shape index (κ1) is 18.6. The number of rotatable bonds is 3. The molecule has 0 amide bonds. The SMILES string of the molecule is C=Cn1cc[n+](C)c1.CS(=O)(=O)[N-]S(=O)(=O)C(F)(F)F. The summed E-state index contributed by atoms with van der Waals surface area (Å²) >= 11 is 0. The summed E-state index contributed by atoms with van der Waals surface area (Å²) < 4.78 is 79.8. The zero-order valence-electron chi connectivity index (χ0n) is 10.4. The summed E-state index contributed by atoms with van der Waals surface area (Å²) in [6, 6.07) is 0. The fraction of sp³-hybridized carbons (Fsp3) is 0.375. The van der Waals surface area contributed by atoms with Crippen LogP contribution in [0.2, 0.25) is 0 Å². The van der Waals surface area contributed by atoms with E-state index in [0.717, 1.165) is 0 Å². The quantitative estimate of drug-likeness (QED) is 0.756. The Hall–Kier alpha value is -1.40. The molecule has 0 aliphatic heterocycles. The van der Waals surface area contributed by atoms with Gasteiger partial charge in [0.2, 0.25) is 6.33 Å². The predicted molar refractivity (Wildman–Crippen MR) is 65.2 cm³/mol. The molecule has 0 fully saturated rings. The molecule has 1 aromatic heterocycles.